The van der Waals surface area contributed by atoms with Gasteiger partial charge < -0.3 is 16.9 Å². The van der Waals surface area contributed by atoms with Gasteiger partial charge in [-0.2, -0.15) is 0 Å². The number of nitrogens with zero attached hydrogens (tertiary/aromatic N) is 1. The Labute approximate surface area is 169 Å². The van der Waals surface area contributed by atoms with Gasteiger partial charge in [-0.25, -0.2) is 9.90 Å². The molecule has 1 radical (unpaired) electrons. The van der Waals surface area contributed by atoms with Crippen molar-refractivity contribution in [2.45, 2.75) is 84.5 Å². The second kappa shape index (κ2) is 22.2. The molecular weight excluding hydrogens is 346 g/mol. The minimum Gasteiger partial charge on any atom is -1.00 e. The number of quaternary nitrogens is 1. The van der Waals surface area contributed by atoms with Gasteiger partial charge in [0.1, 0.15) is 0 Å². The topological polar surface area (TPSA) is 37.0 Å². The van der Waals surface area contributed by atoms with Crippen molar-refractivity contribution in [3.63, 3.8) is 0 Å². The first kappa shape index (κ1) is 29.9. The standard InChI is InChI=1S/C19H40N.C3H3O2.ClH/c1-5-8-9-10-11-12-13-14-15-16-19-20(4,17-6-2)18-7-3;1-2-3(4)5;/h6H,2,5,7-19H2,1,3-4H3;2H,1H2;1H/q+1;;/p-1. The zero-order valence-corrected chi connectivity index (χ0v) is 18.4. The molecule has 0 heterocycles. The fraction of sp³-hybridized carbons (Fsp3) is 0.773. The highest BCUT2D eigenvalue weighted by Gasteiger charge is 2.17. The van der Waals surface area contributed by atoms with Crippen molar-refractivity contribution in [1.82, 2.24) is 0 Å². The number of rotatable bonds is 16. The summed E-state index contributed by atoms with van der Waals surface area (Å²) in [6.07, 6.45) is 18.4. The molecule has 0 aliphatic rings. The van der Waals surface area contributed by atoms with Crippen LogP contribution in [0.15, 0.2) is 25.3 Å². The first-order chi connectivity index (χ1) is 12.0. The van der Waals surface area contributed by atoms with Gasteiger partial charge in [0.25, 0.3) is 0 Å². The monoisotopic (exact) mass is 388 g/mol. The number of likely N-dealkylation sites (N-methyl/N-ethyl adjacent to an activating group) is 1. The van der Waals surface area contributed by atoms with Crippen LogP contribution in [0.5, 0.6) is 0 Å². The molecule has 0 saturated heterocycles. The number of hydrogen-bond acceptors (Lipinski definition) is 1. The maximum absolute atomic E-state index is 9.14. The maximum atomic E-state index is 9.14. The van der Waals surface area contributed by atoms with E-state index in [0.29, 0.717) is 0 Å². The lowest BCUT2D eigenvalue weighted by atomic mass is 10.1. The van der Waals surface area contributed by atoms with Crippen LogP contribution < -0.4 is 12.4 Å². The molecule has 0 spiro atoms. The van der Waals surface area contributed by atoms with E-state index < -0.39 is 5.97 Å². The van der Waals surface area contributed by atoms with Crippen LogP contribution in [0.4, 0.5) is 0 Å². The third-order valence-electron chi connectivity index (χ3n) is 4.55. The molecule has 0 aromatic carbocycles. The Balaban J connectivity index is -0.000000772. The van der Waals surface area contributed by atoms with Gasteiger partial charge in [-0.05, 0) is 25.3 Å². The number of halogens is 1. The molecule has 0 aliphatic carbocycles. The van der Waals surface area contributed by atoms with E-state index in [0.717, 1.165) is 12.6 Å². The third-order valence-corrected chi connectivity index (χ3v) is 4.55. The van der Waals surface area contributed by atoms with Gasteiger partial charge in [-0.15, -0.1) is 0 Å². The number of carbonyl (C=O) groups is 1. The second-order valence-electron chi connectivity index (χ2n) is 7.24. The predicted molar refractivity (Wildman–Crippen MR) is 109 cm³/mol. The van der Waals surface area contributed by atoms with E-state index in [2.05, 4.69) is 40.1 Å². The highest BCUT2D eigenvalue weighted by atomic mass is 35.5. The lowest BCUT2D eigenvalue weighted by molar-refractivity contribution is -0.904. The van der Waals surface area contributed by atoms with Gasteiger partial charge in [-0.1, -0.05) is 78.4 Å². The highest BCUT2D eigenvalue weighted by molar-refractivity contribution is 5.78. The van der Waals surface area contributed by atoms with Crippen LogP contribution in [0.1, 0.15) is 84.5 Å². The Kier molecular flexibility index (Phi) is 25.6. The lowest BCUT2D eigenvalue weighted by Crippen LogP contribution is -3.00. The summed E-state index contributed by atoms with van der Waals surface area (Å²) in [5, 5.41) is 9.14. The van der Waals surface area contributed by atoms with E-state index in [1.165, 1.54) is 88.2 Å². The zero-order chi connectivity index (χ0) is 19.4. The molecule has 155 valence electrons. The molecule has 0 amide bonds. The smallest absolute Gasteiger partial charge is 0.378 e. The van der Waals surface area contributed by atoms with Crippen LogP contribution in [-0.4, -0.2) is 37.1 Å². The molecular formula is C22H43ClNO2. The molecule has 3 nitrogen and oxygen atoms in total. The molecule has 26 heavy (non-hydrogen) atoms. The molecule has 0 aromatic rings. The third kappa shape index (κ3) is 23.2. The molecule has 0 N–H and O–H groups in total. The Bertz CT molecular complexity index is 334. The predicted octanol–water partition coefficient (Wildman–Crippen LogP) is 3.08. The van der Waals surface area contributed by atoms with Crippen molar-refractivity contribution in [1.29, 1.82) is 0 Å². The summed E-state index contributed by atoms with van der Waals surface area (Å²) < 4.78 is 1.19. The minimum atomic E-state index is -1.23. The fourth-order valence-corrected chi connectivity index (χ4v) is 3.13. The van der Waals surface area contributed by atoms with Crippen molar-refractivity contribution in [3.8, 4) is 0 Å². The molecule has 0 bridgehead atoms. The molecule has 1 atom stereocenters. The molecule has 0 rings (SSSR count). The Morgan fingerprint density at radius 1 is 0.808 bits per heavy atom. The average molecular weight is 389 g/mol. The maximum Gasteiger partial charge on any atom is 0.378 e. The van der Waals surface area contributed by atoms with Crippen molar-refractivity contribution in [3.05, 3.63) is 25.3 Å². The molecule has 0 aliphatic heterocycles. The molecule has 4 heteroatoms. The van der Waals surface area contributed by atoms with E-state index in [1.54, 1.807) is 0 Å². The Hall–Kier alpha value is -0.800. The summed E-state index contributed by atoms with van der Waals surface area (Å²) >= 11 is 0. The normalized spacial score (nSPS) is 12.1. The summed E-state index contributed by atoms with van der Waals surface area (Å²) in [6, 6.07) is 0. The van der Waals surface area contributed by atoms with Crippen molar-refractivity contribution >= 4 is 5.97 Å². The van der Waals surface area contributed by atoms with E-state index >= 15 is 0 Å². The van der Waals surface area contributed by atoms with Crippen molar-refractivity contribution in [2.75, 3.05) is 26.7 Å². The van der Waals surface area contributed by atoms with Crippen LogP contribution in [0, 0.1) is 0 Å². The van der Waals surface area contributed by atoms with Crippen molar-refractivity contribution in [2.24, 2.45) is 0 Å². The summed E-state index contributed by atoms with van der Waals surface area (Å²) in [6.45, 7) is 15.1. The first-order valence-electron chi connectivity index (χ1n) is 10.2. The van der Waals surface area contributed by atoms with Crippen LogP contribution in [0.2, 0.25) is 0 Å². The molecule has 1 unspecified atom stereocenters. The van der Waals surface area contributed by atoms with Crippen LogP contribution in [-0.2, 0) is 9.90 Å². The zero-order valence-electron chi connectivity index (χ0n) is 17.6. The summed E-state index contributed by atoms with van der Waals surface area (Å²) in [7, 11) is 2.39. The first-order valence-corrected chi connectivity index (χ1v) is 10.2. The Morgan fingerprint density at radius 2 is 1.23 bits per heavy atom. The van der Waals surface area contributed by atoms with Gasteiger partial charge >= 0.3 is 5.97 Å². The van der Waals surface area contributed by atoms with Gasteiger partial charge in [0.05, 0.1) is 26.7 Å². The highest BCUT2D eigenvalue weighted by Crippen LogP contribution is 2.13. The minimum absolute atomic E-state index is 0. The fourth-order valence-electron chi connectivity index (χ4n) is 3.13. The van der Waals surface area contributed by atoms with Gasteiger partial charge in [0.2, 0.25) is 0 Å². The Morgan fingerprint density at radius 3 is 1.58 bits per heavy atom. The van der Waals surface area contributed by atoms with E-state index in [-0.39, 0.29) is 12.4 Å². The molecule has 0 aromatic heterocycles. The van der Waals surface area contributed by atoms with E-state index in [4.69, 9.17) is 9.90 Å². The van der Waals surface area contributed by atoms with E-state index in [9.17, 15) is 0 Å². The average Bonchev–Trinajstić information content (AvgIpc) is 2.57. The molecule has 0 fully saturated rings. The lowest BCUT2D eigenvalue weighted by Gasteiger charge is -2.33. The van der Waals surface area contributed by atoms with Gasteiger partial charge in [-0.3, -0.25) is 0 Å². The largest absolute Gasteiger partial charge is 1.00 e. The second-order valence-corrected chi connectivity index (χ2v) is 7.24. The summed E-state index contributed by atoms with van der Waals surface area (Å²) in [5.74, 6) is -1.23. The van der Waals surface area contributed by atoms with E-state index in [1.807, 2.05) is 0 Å². The van der Waals surface area contributed by atoms with Crippen LogP contribution >= 0.6 is 0 Å². The SMILES string of the molecule is C=CC([O])=O.C=CC[N+](C)(CCC)CCCCCCCCCCCC.[Cl-]. The number of unbranched alkanes of at least 4 members (excludes halogenated alkanes) is 9. The summed E-state index contributed by atoms with van der Waals surface area (Å²) in [4.78, 5) is 9.14. The quantitative estimate of drug-likeness (QED) is 0.173. The molecule has 0 saturated carbocycles. The van der Waals surface area contributed by atoms with Gasteiger partial charge in [0, 0.05) is 6.08 Å². The number of hydrogen-bond donors (Lipinski definition) is 0. The van der Waals surface area contributed by atoms with Crippen molar-refractivity contribution < 1.29 is 26.8 Å². The van der Waals surface area contributed by atoms with Crippen LogP contribution in [0.25, 0.3) is 0 Å². The summed E-state index contributed by atoms with van der Waals surface area (Å²) in [5.41, 5.74) is 0. The van der Waals surface area contributed by atoms with Crippen LogP contribution in [0.3, 0.4) is 0 Å². The van der Waals surface area contributed by atoms with Gasteiger partial charge in [0.15, 0.2) is 0 Å². The number of carbonyl (C=O) groups excluding carboxylic acids is 1.